The lowest BCUT2D eigenvalue weighted by Crippen LogP contribution is -2.23. The smallest absolute Gasteiger partial charge is 0.0108 e. The summed E-state index contributed by atoms with van der Waals surface area (Å²) >= 11 is 2.01. The SMILES string of the molecule is c1ccc2c(c1)SCC2CNCC1CC1. The second kappa shape index (κ2) is 4.18. The van der Waals surface area contributed by atoms with Crippen molar-refractivity contribution in [3.8, 4) is 0 Å². The number of hydrogen-bond donors (Lipinski definition) is 1. The van der Waals surface area contributed by atoms with Crippen LogP contribution in [0.1, 0.15) is 24.3 Å². The Hall–Kier alpha value is -0.470. The average molecular weight is 219 g/mol. The lowest BCUT2D eigenvalue weighted by atomic mass is 10.0. The average Bonchev–Trinajstić information content (AvgIpc) is 3.00. The molecule has 1 nitrogen and oxygen atoms in total. The van der Waals surface area contributed by atoms with Crippen LogP contribution in [-0.2, 0) is 0 Å². The van der Waals surface area contributed by atoms with Crippen LogP contribution < -0.4 is 5.32 Å². The number of thioether (sulfide) groups is 1. The monoisotopic (exact) mass is 219 g/mol. The summed E-state index contributed by atoms with van der Waals surface area (Å²) in [6.07, 6.45) is 2.89. The molecule has 1 aromatic rings. The van der Waals surface area contributed by atoms with Crippen LogP contribution in [0.15, 0.2) is 29.2 Å². The van der Waals surface area contributed by atoms with Gasteiger partial charge in [-0.25, -0.2) is 0 Å². The zero-order chi connectivity index (χ0) is 10.1. The largest absolute Gasteiger partial charge is 0.316 e. The van der Waals surface area contributed by atoms with Crippen molar-refractivity contribution in [1.82, 2.24) is 5.32 Å². The van der Waals surface area contributed by atoms with E-state index >= 15 is 0 Å². The van der Waals surface area contributed by atoms with Gasteiger partial charge >= 0.3 is 0 Å². The number of benzene rings is 1. The first-order chi connectivity index (χ1) is 7.43. The summed E-state index contributed by atoms with van der Waals surface area (Å²) in [5, 5.41) is 3.62. The highest BCUT2D eigenvalue weighted by atomic mass is 32.2. The molecule has 1 heterocycles. The van der Waals surface area contributed by atoms with Crippen molar-refractivity contribution in [2.24, 2.45) is 5.92 Å². The fourth-order valence-electron chi connectivity index (χ4n) is 2.18. The molecule has 0 amide bonds. The van der Waals surface area contributed by atoms with Crippen LogP contribution >= 0.6 is 11.8 Å². The third kappa shape index (κ3) is 2.21. The zero-order valence-electron chi connectivity index (χ0n) is 8.91. The van der Waals surface area contributed by atoms with Crippen LogP contribution in [0.25, 0.3) is 0 Å². The minimum Gasteiger partial charge on any atom is -0.316 e. The molecular formula is C13H17NS. The van der Waals surface area contributed by atoms with E-state index in [4.69, 9.17) is 0 Å². The Bertz CT molecular complexity index is 346. The molecule has 2 heteroatoms. The van der Waals surface area contributed by atoms with E-state index in [9.17, 15) is 0 Å². The van der Waals surface area contributed by atoms with Crippen LogP contribution in [0.4, 0.5) is 0 Å². The number of fused-ring (bicyclic) bond motifs is 1. The maximum atomic E-state index is 3.62. The van der Waals surface area contributed by atoms with E-state index in [0.717, 1.165) is 11.8 Å². The summed E-state index contributed by atoms with van der Waals surface area (Å²) in [4.78, 5) is 1.50. The van der Waals surface area contributed by atoms with Crippen molar-refractivity contribution in [3.05, 3.63) is 29.8 Å². The van der Waals surface area contributed by atoms with Gasteiger partial charge in [-0.05, 0) is 36.9 Å². The molecule has 1 aliphatic heterocycles. The lowest BCUT2D eigenvalue weighted by molar-refractivity contribution is 0.592. The normalized spacial score (nSPS) is 24.1. The molecule has 1 aromatic carbocycles. The lowest BCUT2D eigenvalue weighted by Gasteiger charge is -2.11. The zero-order valence-corrected chi connectivity index (χ0v) is 9.72. The van der Waals surface area contributed by atoms with Gasteiger partial charge in [-0.1, -0.05) is 18.2 Å². The first-order valence-electron chi connectivity index (χ1n) is 5.86. The Labute approximate surface area is 95.6 Å². The van der Waals surface area contributed by atoms with Gasteiger partial charge in [0.15, 0.2) is 0 Å². The second-order valence-corrected chi connectivity index (χ2v) is 5.71. The van der Waals surface area contributed by atoms with Gasteiger partial charge in [-0.15, -0.1) is 11.8 Å². The van der Waals surface area contributed by atoms with Crippen LogP contribution in [0.5, 0.6) is 0 Å². The molecule has 1 aliphatic carbocycles. The van der Waals surface area contributed by atoms with E-state index in [1.54, 1.807) is 5.56 Å². The topological polar surface area (TPSA) is 12.0 Å². The molecule has 1 atom stereocenters. The van der Waals surface area contributed by atoms with E-state index in [2.05, 4.69) is 29.6 Å². The Balaban J connectivity index is 1.58. The highest BCUT2D eigenvalue weighted by Gasteiger charge is 2.24. The minimum atomic E-state index is 0.741. The van der Waals surface area contributed by atoms with Crippen LogP contribution in [0.2, 0.25) is 0 Å². The molecule has 2 aliphatic rings. The molecular weight excluding hydrogens is 202 g/mol. The van der Waals surface area contributed by atoms with E-state index in [1.165, 1.54) is 36.6 Å². The maximum Gasteiger partial charge on any atom is 0.0108 e. The molecule has 1 unspecified atom stereocenters. The fraction of sp³-hybridized carbons (Fsp3) is 0.538. The summed E-state index contributed by atoms with van der Waals surface area (Å²) in [7, 11) is 0. The van der Waals surface area contributed by atoms with Gasteiger partial charge in [0.05, 0.1) is 0 Å². The van der Waals surface area contributed by atoms with Crippen molar-refractivity contribution in [1.29, 1.82) is 0 Å². The molecule has 0 aromatic heterocycles. The standard InChI is InChI=1S/C13H17NS/c1-2-4-13-12(3-1)11(9-15-13)8-14-7-10-5-6-10/h1-4,10-11,14H,5-9H2. The molecule has 80 valence electrons. The molecule has 1 N–H and O–H groups in total. The van der Waals surface area contributed by atoms with Gasteiger partial charge in [-0.2, -0.15) is 0 Å². The van der Waals surface area contributed by atoms with Crippen molar-refractivity contribution >= 4 is 11.8 Å². The Kier molecular flexibility index (Phi) is 2.72. The van der Waals surface area contributed by atoms with Gasteiger partial charge in [-0.3, -0.25) is 0 Å². The summed E-state index contributed by atoms with van der Waals surface area (Å²) in [6.45, 7) is 2.41. The minimum absolute atomic E-state index is 0.741. The van der Waals surface area contributed by atoms with E-state index < -0.39 is 0 Å². The summed E-state index contributed by atoms with van der Waals surface area (Å²) in [5.41, 5.74) is 1.56. The van der Waals surface area contributed by atoms with E-state index in [0.29, 0.717) is 0 Å². The molecule has 0 saturated heterocycles. The predicted octanol–water partition coefficient (Wildman–Crippen LogP) is 2.88. The highest BCUT2D eigenvalue weighted by Crippen LogP contribution is 2.38. The Morgan fingerprint density at radius 3 is 2.93 bits per heavy atom. The number of nitrogens with one attached hydrogen (secondary N) is 1. The van der Waals surface area contributed by atoms with E-state index in [-0.39, 0.29) is 0 Å². The first-order valence-corrected chi connectivity index (χ1v) is 6.84. The number of rotatable bonds is 4. The van der Waals surface area contributed by atoms with Gasteiger partial charge in [0.1, 0.15) is 0 Å². The predicted molar refractivity (Wildman–Crippen MR) is 65.5 cm³/mol. The molecule has 3 rings (SSSR count). The van der Waals surface area contributed by atoms with Gasteiger partial charge in [0.2, 0.25) is 0 Å². The van der Waals surface area contributed by atoms with Crippen LogP contribution in [0, 0.1) is 5.92 Å². The van der Waals surface area contributed by atoms with E-state index in [1.807, 2.05) is 11.8 Å². The quantitative estimate of drug-likeness (QED) is 0.835. The third-order valence-corrected chi connectivity index (χ3v) is 4.57. The molecule has 0 radical (unpaired) electrons. The van der Waals surface area contributed by atoms with Gasteiger partial charge in [0.25, 0.3) is 0 Å². The van der Waals surface area contributed by atoms with Crippen molar-refractivity contribution in [2.75, 3.05) is 18.8 Å². The second-order valence-electron chi connectivity index (χ2n) is 4.65. The fourth-order valence-corrected chi connectivity index (χ4v) is 3.44. The van der Waals surface area contributed by atoms with Crippen molar-refractivity contribution in [3.63, 3.8) is 0 Å². The van der Waals surface area contributed by atoms with Crippen LogP contribution in [0.3, 0.4) is 0 Å². The van der Waals surface area contributed by atoms with Crippen molar-refractivity contribution < 1.29 is 0 Å². The highest BCUT2D eigenvalue weighted by molar-refractivity contribution is 7.99. The molecule has 1 fully saturated rings. The van der Waals surface area contributed by atoms with Gasteiger partial charge < -0.3 is 5.32 Å². The Morgan fingerprint density at radius 1 is 1.20 bits per heavy atom. The summed E-state index contributed by atoms with van der Waals surface area (Å²) in [5.74, 6) is 3.00. The number of hydrogen-bond acceptors (Lipinski definition) is 2. The summed E-state index contributed by atoms with van der Waals surface area (Å²) in [6, 6.07) is 8.85. The maximum absolute atomic E-state index is 3.62. The van der Waals surface area contributed by atoms with Crippen LogP contribution in [-0.4, -0.2) is 18.8 Å². The molecule has 0 spiro atoms. The van der Waals surface area contributed by atoms with Gasteiger partial charge in [0, 0.05) is 23.1 Å². The molecule has 1 saturated carbocycles. The first kappa shape index (κ1) is 9.73. The molecule has 15 heavy (non-hydrogen) atoms. The third-order valence-electron chi connectivity index (χ3n) is 3.32. The molecule has 0 bridgehead atoms. The summed E-state index contributed by atoms with van der Waals surface area (Å²) < 4.78 is 0. The Morgan fingerprint density at radius 2 is 2.07 bits per heavy atom. The van der Waals surface area contributed by atoms with Crippen molar-refractivity contribution in [2.45, 2.75) is 23.7 Å².